The van der Waals surface area contributed by atoms with Crippen molar-refractivity contribution in [2.24, 2.45) is 11.1 Å². The van der Waals surface area contributed by atoms with Gasteiger partial charge in [0.1, 0.15) is 22.0 Å². The van der Waals surface area contributed by atoms with E-state index >= 15 is 0 Å². The summed E-state index contributed by atoms with van der Waals surface area (Å²) in [5.41, 5.74) is 5.01. The summed E-state index contributed by atoms with van der Waals surface area (Å²) in [5.74, 6) is -0.520. The second-order valence-corrected chi connectivity index (χ2v) is 9.13. The first-order valence-electron chi connectivity index (χ1n) is 11.3. The van der Waals surface area contributed by atoms with E-state index in [0.717, 1.165) is 0 Å². The highest BCUT2D eigenvalue weighted by Crippen LogP contribution is 2.39. The van der Waals surface area contributed by atoms with Crippen LogP contribution >= 0.6 is 11.6 Å². The largest absolute Gasteiger partial charge is 0.493 e. The van der Waals surface area contributed by atoms with Crippen LogP contribution in [-0.4, -0.2) is 36.0 Å². The molecule has 2 N–H and O–H groups in total. The summed E-state index contributed by atoms with van der Waals surface area (Å²) in [6.07, 6.45) is 2.92. The normalized spacial score (nSPS) is 11.2. The van der Waals surface area contributed by atoms with Gasteiger partial charge in [-0.1, -0.05) is 11.6 Å². The Kier molecular flexibility index (Phi) is 7.36. The van der Waals surface area contributed by atoms with Crippen LogP contribution in [0.25, 0.3) is 10.9 Å². The van der Waals surface area contributed by atoms with Gasteiger partial charge in [0, 0.05) is 23.3 Å². The number of amides is 2. The first-order valence-corrected chi connectivity index (χ1v) is 11.7. The molecule has 9 nitrogen and oxygen atoms in total. The number of nitrogens with zero attached hydrogens (tertiary/aromatic N) is 3. The lowest BCUT2D eigenvalue weighted by Crippen LogP contribution is -2.46. The lowest BCUT2D eigenvalue weighted by atomic mass is 9.90. The summed E-state index contributed by atoms with van der Waals surface area (Å²) in [7, 11) is 3.05. The minimum Gasteiger partial charge on any atom is -0.493 e. The number of methoxy groups -OCH3 is 2. The van der Waals surface area contributed by atoms with Crippen molar-refractivity contribution < 1.29 is 28.2 Å². The third-order valence-electron chi connectivity index (χ3n) is 5.90. The number of carbonyl (C=O) groups excluding carboxylic acids is 2. The minimum absolute atomic E-state index is 0.0540. The van der Waals surface area contributed by atoms with Gasteiger partial charge in [-0.3, -0.25) is 19.5 Å². The van der Waals surface area contributed by atoms with Gasteiger partial charge < -0.3 is 19.9 Å². The SMILES string of the molecule is COc1cc2nccc(Oc3ncc(N(C(=O)C(C)(C)C(N)=O)c4ccc(F)cc4)cc3Cl)c2cc1OC. The number of halogens is 2. The lowest BCUT2D eigenvalue weighted by Gasteiger charge is -2.30. The van der Waals surface area contributed by atoms with Gasteiger partial charge in [0.25, 0.3) is 0 Å². The topological polar surface area (TPSA) is 117 Å². The Hall–Kier alpha value is -4.44. The molecular weight excluding hydrogens is 515 g/mol. The highest BCUT2D eigenvalue weighted by Gasteiger charge is 2.39. The Morgan fingerprint density at radius 1 is 0.947 bits per heavy atom. The molecule has 11 heteroatoms. The third kappa shape index (κ3) is 5.03. The second kappa shape index (κ2) is 10.5. The van der Waals surface area contributed by atoms with Crippen molar-refractivity contribution in [2.75, 3.05) is 19.1 Å². The van der Waals surface area contributed by atoms with Crippen molar-refractivity contribution in [3.63, 3.8) is 0 Å². The molecule has 0 aliphatic heterocycles. The Balaban J connectivity index is 1.75. The van der Waals surface area contributed by atoms with Crippen LogP contribution in [0, 0.1) is 11.2 Å². The average molecular weight is 539 g/mol. The summed E-state index contributed by atoms with van der Waals surface area (Å²) in [5, 5.41) is 0.697. The van der Waals surface area contributed by atoms with E-state index in [1.54, 1.807) is 24.4 Å². The number of hydrogen-bond acceptors (Lipinski definition) is 7. The molecule has 0 radical (unpaired) electrons. The van der Waals surface area contributed by atoms with Crippen molar-refractivity contribution in [3.05, 3.63) is 71.8 Å². The van der Waals surface area contributed by atoms with E-state index in [2.05, 4.69) is 9.97 Å². The molecule has 0 atom stereocenters. The van der Waals surface area contributed by atoms with Crippen LogP contribution in [0.1, 0.15) is 13.8 Å². The smallest absolute Gasteiger partial charge is 0.246 e. The van der Waals surface area contributed by atoms with Crippen molar-refractivity contribution in [2.45, 2.75) is 13.8 Å². The maximum absolute atomic E-state index is 13.6. The number of fused-ring (bicyclic) bond motifs is 1. The molecule has 38 heavy (non-hydrogen) atoms. The van der Waals surface area contributed by atoms with Crippen LogP contribution in [0.5, 0.6) is 23.1 Å². The fourth-order valence-electron chi connectivity index (χ4n) is 3.61. The number of rotatable bonds is 8. The average Bonchev–Trinajstić information content (AvgIpc) is 2.90. The number of benzene rings is 2. The van der Waals surface area contributed by atoms with Gasteiger partial charge in [-0.05, 0) is 56.3 Å². The summed E-state index contributed by atoms with van der Waals surface area (Å²) in [6, 6.07) is 11.7. The zero-order chi connectivity index (χ0) is 27.6. The van der Waals surface area contributed by atoms with Gasteiger partial charge in [-0.25, -0.2) is 9.37 Å². The highest BCUT2D eigenvalue weighted by atomic mass is 35.5. The Morgan fingerprint density at radius 3 is 2.21 bits per heavy atom. The van der Waals surface area contributed by atoms with Gasteiger partial charge in [0.2, 0.25) is 17.7 Å². The van der Waals surface area contributed by atoms with Crippen LogP contribution in [0.3, 0.4) is 0 Å². The molecule has 4 rings (SSSR count). The molecule has 4 aromatic rings. The van der Waals surface area contributed by atoms with Crippen LogP contribution in [0.15, 0.2) is 60.9 Å². The van der Waals surface area contributed by atoms with E-state index in [0.29, 0.717) is 33.8 Å². The summed E-state index contributed by atoms with van der Waals surface area (Å²) in [4.78, 5) is 35.3. The molecule has 2 amide bonds. The summed E-state index contributed by atoms with van der Waals surface area (Å²) < 4.78 is 30.3. The summed E-state index contributed by atoms with van der Waals surface area (Å²) in [6.45, 7) is 2.80. The maximum Gasteiger partial charge on any atom is 0.246 e. The molecule has 2 heterocycles. The number of anilines is 2. The van der Waals surface area contributed by atoms with Gasteiger partial charge in [0.05, 0.1) is 31.6 Å². The molecule has 0 fully saturated rings. The number of aromatic nitrogens is 2. The Bertz CT molecular complexity index is 1530. The predicted octanol–water partition coefficient (Wildman–Crippen LogP) is 5.41. The van der Waals surface area contributed by atoms with Gasteiger partial charge >= 0.3 is 0 Å². The number of primary amides is 1. The predicted molar refractivity (Wildman–Crippen MR) is 141 cm³/mol. The Labute approximate surface area is 222 Å². The zero-order valence-corrected chi connectivity index (χ0v) is 21.7. The van der Waals surface area contributed by atoms with E-state index in [9.17, 15) is 14.0 Å². The fourth-order valence-corrected chi connectivity index (χ4v) is 3.81. The van der Waals surface area contributed by atoms with Gasteiger partial charge in [-0.2, -0.15) is 0 Å². The van der Waals surface area contributed by atoms with E-state index in [4.69, 9.17) is 31.5 Å². The monoisotopic (exact) mass is 538 g/mol. The fraction of sp³-hybridized carbons (Fsp3) is 0.185. The molecule has 2 aromatic carbocycles. The molecule has 2 aromatic heterocycles. The Morgan fingerprint density at radius 2 is 1.61 bits per heavy atom. The molecule has 0 unspecified atom stereocenters. The molecule has 0 aliphatic rings. The quantitative estimate of drug-likeness (QED) is 0.298. The molecule has 196 valence electrons. The zero-order valence-electron chi connectivity index (χ0n) is 21.0. The van der Waals surface area contributed by atoms with Crippen LogP contribution in [-0.2, 0) is 9.59 Å². The van der Waals surface area contributed by atoms with E-state index in [1.807, 2.05) is 0 Å². The van der Waals surface area contributed by atoms with Crippen molar-refractivity contribution in [3.8, 4) is 23.1 Å². The van der Waals surface area contributed by atoms with Gasteiger partial charge in [0.15, 0.2) is 11.5 Å². The number of carbonyl (C=O) groups is 2. The number of hydrogen-bond donors (Lipinski definition) is 1. The second-order valence-electron chi connectivity index (χ2n) is 8.72. The first-order chi connectivity index (χ1) is 18.1. The molecule has 0 bridgehead atoms. The van der Waals surface area contributed by atoms with Crippen molar-refractivity contribution in [1.82, 2.24) is 9.97 Å². The van der Waals surface area contributed by atoms with E-state index in [1.165, 1.54) is 69.5 Å². The van der Waals surface area contributed by atoms with Crippen LogP contribution in [0.2, 0.25) is 5.02 Å². The molecule has 0 spiro atoms. The molecule has 0 saturated heterocycles. The number of ether oxygens (including phenoxy) is 3. The van der Waals surface area contributed by atoms with Crippen molar-refractivity contribution in [1.29, 1.82) is 0 Å². The molecule has 0 saturated carbocycles. The maximum atomic E-state index is 13.6. The van der Waals surface area contributed by atoms with E-state index < -0.39 is 23.0 Å². The highest BCUT2D eigenvalue weighted by molar-refractivity contribution is 6.32. The van der Waals surface area contributed by atoms with E-state index in [-0.39, 0.29) is 16.6 Å². The van der Waals surface area contributed by atoms with Crippen LogP contribution < -0.4 is 24.8 Å². The molecule has 0 aliphatic carbocycles. The summed E-state index contributed by atoms with van der Waals surface area (Å²) >= 11 is 6.54. The minimum atomic E-state index is -1.58. The van der Waals surface area contributed by atoms with Crippen molar-refractivity contribution >= 4 is 45.7 Å². The lowest BCUT2D eigenvalue weighted by molar-refractivity contribution is -0.137. The number of nitrogens with two attached hydrogens (primary N) is 1. The standard InChI is InChI=1S/C27H24ClFN4O5/c1-27(2,25(30)34)26(35)33(16-7-5-15(29)6-8-16)17-11-19(28)24(32-14-17)38-21-9-10-31-20-13-23(37-4)22(36-3)12-18(20)21/h5-14H,1-4H3,(H2,30,34). The van der Waals surface area contributed by atoms with Crippen LogP contribution in [0.4, 0.5) is 15.8 Å². The molecular formula is C27H24ClFN4O5. The van der Waals surface area contributed by atoms with Gasteiger partial charge in [-0.15, -0.1) is 0 Å². The first kappa shape index (κ1) is 26.6. The third-order valence-corrected chi connectivity index (χ3v) is 6.17. The number of pyridine rings is 2.